The number of carbonyl (C=O) groups is 1. The summed E-state index contributed by atoms with van der Waals surface area (Å²) in [5.41, 5.74) is 3.08. The fourth-order valence-corrected chi connectivity index (χ4v) is 4.74. The zero-order valence-electron chi connectivity index (χ0n) is 13.9. The molecule has 0 aliphatic carbocycles. The molecule has 0 spiro atoms. The molecule has 2 N–H and O–H groups in total. The highest BCUT2D eigenvalue weighted by Gasteiger charge is 2.33. The maximum atomic E-state index is 12.7. The molecule has 24 heavy (non-hydrogen) atoms. The Morgan fingerprint density at radius 3 is 3.04 bits per heavy atom. The molecule has 1 aromatic carbocycles. The molecule has 0 radical (unpaired) electrons. The van der Waals surface area contributed by atoms with E-state index >= 15 is 0 Å². The van der Waals surface area contributed by atoms with Crippen molar-refractivity contribution < 1.29 is 9.53 Å². The quantitative estimate of drug-likeness (QED) is 0.900. The van der Waals surface area contributed by atoms with Crippen LogP contribution in [0, 0.1) is 0 Å². The van der Waals surface area contributed by atoms with Crippen LogP contribution < -0.4 is 15.4 Å². The zero-order chi connectivity index (χ0) is 16.7. The summed E-state index contributed by atoms with van der Waals surface area (Å²) in [6, 6.07) is 7.80. The molecule has 2 aliphatic heterocycles. The van der Waals surface area contributed by atoms with E-state index in [1.165, 1.54) is 10.4 Å². The normalized spacial score (nSPS) is 19.9. The third-order valence-corrected chi connectivity index (χ3v) is 5.94. The first kappa shape index (κ1) is 15.5. The molecule has 0 saturated heterocycles. The highest BCUT2D eigenvalue weighted by atomic mass is 32.1. The van der Waals surface area contributed by atoms with Gasteiger partial charge in [-0.3, -0.25) is 9.69 Å². The number of ether oxygens (including phenoxy) is 1. The number of nitrogens with zero attached hydrogens (tertiary/aromatic N) is 1. The Labute approximate surface area is 145 Å². The first-order chi connectivity index (χ1) is 11.7. The van der Waals surface area contributed by atoms with Crippen LogP contribution >= 0.6 is 11.3 Å². The highest BCUT2D eigenvalue weighted by Crippen LogP contribution is 2.40. The predicted octanol–water partition coefficient (Wildman–Crippen LogP) is 2.99. The SMILES string of the molecule is CCN1CCc2c(sc3c2C(=O)N[C@H](c2cccc(OC)c2)N3)C1. The molecule has 1 atom stereocenters. The minimum atomic E-state index is -0.220. The van der Waals surface area contributed by atoms with Crippen molar-refractivity contribution in [3.05, 3.63) is 45.8 Å². The van der Waals surface area contributed by atoms with Gasteiger partial charge in [-0.05, 0) is 36.2 Å². The second-order valence-corrected chi connectivity index (χ2v) is 7.26. The monoisotopic (exact) mass is 343 g/mol. The number of anilines is 1. The molecule has 6 heteroatoms. The third kappa shape index (κ3) is 2.56. The Kier molecular flexibility index (Phi) is 3.94. The van der Waals surface area contributed by atoms with Gasteiger partial charge in [-0.25, -0.2) is 0 Å². The first-order valence-electron chi connectivity index (χ1n) is 8.28. The number of thiophene rings is 1. The number of rotatable bonds is 3. The second kappa shape index (κ2) is 6.11. The summed E-state index contributed by atoms with van der Waals surface area (Å²) in [6.07, 6.45) is 0.732. The fourth-order valence-electron chi connectivity index (χ4n) is 3.43. The van der Waals surface area contributed by atoms with E-state index in [1.807, 2.05) is 24.3 Å². The Bertz CT molecular complexity index is 787. The van der Waals surface area contributed by atoms with Crippen molar-refractivity contribution >= 4 is 22.2 Å². The number of likely N-dealkylation sites (N-methyl/N-ethyl adjacent to an activating group) is 1. The molecule has 2 aliphatic rings. The van der Waals surface area contributed by atoms with Crippen molar-refractivity contribution in [2.45, 2.75) is 26.1 Å². The maximum absolute atomic E-state index is 12.7. The van der Waals surface area contributed by atoms with Gasteiger partial charge >= 0.3 is 0 Å². The summed E-state index contributed by atoms with van der Waals surface area (Å²) in [4.78, 5) is 16.5. The second-order valence-electron chi connectivity index (χ2n) is 6.15. The minimum Gasteiger partial charge on any atom is -0.497 e. The van der Waals surface area contributed by atoms with E-state index in [1.54, 1.807) is 18.4 Å². The number of hydrogen-bond acceptors (Lipinski definition) is 5. The molecule has 1 amide bonds. The maximum Gasteiger partial charge on any atom is 0.256 e. The number of amides is 1. The lowest BCUT2D eigenvalue weighted by Crippen LogP contribution is -2.38. The van der Waals surface area contributed by atoms with Gasteiger partial charge in [0.25, 0.3) is 5.91 Å². The lowest BCUT2D eigenvalue weighted by Gasteiger charge is -2.28. The molecule has 0 unspecified atom stereocenters. The van der Waals surface area contributed by atoms with Crippen molar-refractivity contribution in [2.24, 2.45) is 0 Å². The Hall–Kier alpha value is -2.05. The van der Waals surface area contributed by atoms with E-state index in [9.17, 15) is 4.79 Å². The molecule has 2 aromatic rings. The van der Waals surface area contributed by atoms with Crippen LogP contribution in [0.2, 0.25) is 0 Å². The lowest BCUT2D eigenvalue weighted by molar-refractivity contribution is 0.0934. The summed E-state index contributed by atoms with van der Waals surface area (Å²) in [5, 5.41) is 7.58. The molecule has 0 saturated carbocycles. The van der Waals surface area contributed by atoms with Gasteiger partial charge in [0.15, 0.2) is 0 Å². The fraction of sp³-hybridized carbons (Fsp3) is 0.389. The first-order valence-corrected chi connectivity index (χ1v) is 9.09. The van der Waals surface area contributed by atoms with E-state index < -0.39 is 0 Å². The summed E-state index contributed by atoms with van der Waals surface area (Å²) in [7, 11) is 1.65. The van der Waals surface area contributed by atoms with Crippen molar-refractivity contribution in [3.63, 3.8) is 0 Å². The van der Waals surface area contributed by atoms with Crippen LogP contribution in [0.25, 0.3) is 0 Å². The molecule has 1 aromatic heterocycles. The summed E-state index contributed by atoms with van der Waals surface area (Å²) >= 11 is 1.72. The molecule has 4 rings (SSSR count). The van der Waals surface area contributed by atoms with Crippen molar-refractivity contribution in [2.75, 3.05) is 25.5 Å². The number of benzene rings is 1. The van der Waals surface area contributed by atoms with Gasteiger partial charge < -0.3 is 15.4 Å². The van der Waals surface area contributed by atoms with E-state index in [0.717, 1.165) is 47.9 Å². The molecule has 126 valence electrons. The van der Waals surface area contributed by atoms with Crippen molar-refractivity contribution in [1.82, 2.24) is 10.2 Å². The Morgan fingerprint density at radius 2 is 2.25 bits per heavy atom. The van der Waals surface area contributed by atoms with Gasteiger partial charge in [0.1, 0.15) is 16.9 Å². The summed E-state index contributed by atoms with van der Waals surface area (Å²) in [5.74, 6) is 0.817. The van der Waals surface area contributed by atoms with E-state index in [0.29, 0.717) is 0 Å². The molecule has 3 heterocycles. The Balaban J connectivity index is 1.66. The van der Waals surface area contributed by atoms with Crippen LogP contribution in [0.1, 0.15) is 39.5 Å². The van der Waals surface area contributed by atoms with Gasteiger partial charge in [0.2, 0.25) is 0 Å². The zero-order valence-corrected chi connectivity index (χ0v) is 14.7. The standard InChI is InChI=1S/C18H21N3O2S/c1-3-21-8-7-13-14(10-21)24-18-15(13)17(22)19-16(20-18)11-5-4-6-12(9-11)23-2/h4-6,9,16,20H,3,7-8,10H2,1-2H3,(H,19,22)/t16-/m0/s1. The van der Waals surface area contributed by atoms with Crippen LogP contribution in [-0.2, 0) is 13.0 Å². The molecule has 0 bridgehead atoms. The number of hydrogen-bond donors (Lipinski definition) is 2. The number of carbonyl (C=O) groups excluding carboxylic acids is 1. The highest BCUT2D eigenvalue weighted by molar-refractivity contribution is 7.16. The molecular weight excluding hydrogens is 322 g/mol. The summed E-state index contributed by atoms with van der Waals surface area (Å²) < 4.78 is 5.29. The van der Waals surface area contributed by atoms with Gasteiger partial charge in [-0.1, -0.05) is 19.1 Å². The van der Waals surface area contributed by atoms with E-state index in [2.05, 4.69) is 22.5 Å². The lowest BCUT2D eigenvalue weighted by atomic mass is 10.0. The molecular formula is C18H21N3O2S. The smallest absolute Gasteiger partial charge is 0.256 e. The van der Waals surface area contributed by atoms with Gasteiger partial charge in [0, 0.05) is 18.0 Å². The third-order valence-electron chi connectivity index (χ3n) is 4.79. The molecule has 5 nitrogen and oxygen atoms in total. The Morgan fingerprint density at radius 1 is 1.38 bits per heavy atom. The average molecular weight is 343 g/mol. The van der Waals surface area contributed by atoms with Crippen LogP contribution in [-0.4, -0.2) is 31.0 Å². The summed E-state index contributed by atoms with van der Waals surface area (Å²) in [6.45, 7) is 5.21. The van der Waals surface area contributed by atoms with Gasteiger partial charge in [-0.2, -0.15) is 0 Å². The topological polar surface area (TPSA) is 53.6 Å². The largest absolute Gasteiger partial charge is 0.497 e. The van der Waals surface area contributed by atoms with E-state index in [-0.39, 0.29) is 12.1 Å². The van der Waals surface area contributed by atoms with Gasteiger partial charge in [0.05, 0.1) is 12.7 Å². The number of methoxy groups -OCH3 is 1. The van der Waals surface area contributed by atoms with Crippen LogP contribution in [0.15, 0.2) is 24.3 Å². The molecule has 0 fully saturated rings. The predicted molar refractivity (Wildman–Crippen MR) is 95.8 cm³/mol. The average Bonchev–Trinajstić information content (AvgIpc) is 2.99. The van der Waals surface area contributed by atoms with Crippen molar-refractivity contribution in [1.29, 1.82) is 0 Å². The van der Waals surface area contributed by atoms with Crippen LogP contribution in [0.3, 0.4) is 0 Å². The number of nitrogens with one attached hydrogen (secondary N) is 2. The number of fused-ring (bicyclic) bond motifs is 3. The van der Waals surface area contributed by atoms with E-state index in [4.69, 9.17) is 4.74 Å². The van der Waals surface area contributed by atoms with Crippen LogP contribution in [0.5, 0.6) is 5.75 Å². The minimum absolute atomic E-state index is 0.0269. The van der Waals surface area contributed by atoms with Gasteiger partial charge in [-0.15, -0.1) is 11.3 Å². The van der Waals surface area contributed by atoms with Crippen LogP contribution in [0.4, 0.5) is 5.00 Å². The van der Waals surface area contributed by atoms with Crippen molar-refractivity contribution in [3.8, 4) is 5.75 Å².